The standard InChI is InChI=1S/C28H32FN3O6/c1-36-22-6-5-7-23(37-2)24(22)27(35)31-16-12-28(13-17-31)32(25(33)19-8-10-20(29)11-9-19)21(18-38-28)26(34)30-14-3-4-15-30/h5-11,21H,3-4,12-18H2,1-2H3. The highest BCUT2D eigenvalue weighted by Crippen LogP contribution is 2.40. The molecule has 0 radical (unpaired) electrons. The molecule has 38 heavy (non-hydrogen) atoms. The molecule has 3 aliphatic heterocycles. The first-order valence-corrected chi connectivity index (χ1v) is 12.9. The molecule has 202 valence electrons. The summed E-state index contributed by atoms with van der Waals surface area (Å²) in [6.45, 7) is 2.00. The largest absolute Gasteiger partial charge is 0.496 e. The van der Waals surface area contributed by atoms with Gasteiger partial charge in [0.15, 0.2) is 0 Å². The summed E-state index contributed by atoms with van der Waals surface area (Å²) in [5.41, 5.74) is -0.428. The van der Waals surface area contributed by atoms with Crippen LogP contribution >= 0.6 is 0 Å². The van der Waals surface area contributed by atoms with E-state index >= 15 is 0 Å². The van der Waals surface area contributed by atoms with E-state index < -0.39 is 17.6 Å². The molecule has 1 unspecified atom stereocenters. The number of likely N-dealkylation sites (tertiary alicyclic amines) is 2. The Hall–Kier alpha value is -3.66. The number of ether oxygens (including phenoxy) is 3. The minimum atomic E-state index is -1.05. The van der Waals surface area contributed by atoms with Gasteiger partial charge in [0.1, 0.15) is 34.6 Å². The lowest BCUT2D eigenvalue weighted by molar-refractivity contribution is -0.136. The summed E-state index contributed by atoms with van der Waals surface area (Å²) < 4.78 is 30.7. The van der Waals surface area contributed by atoms with Gasteiger partial charge in [-0.15, -0.1) is 0 Å². The van der Waals surface area contributed by atoms with Crippen molar-refractivity contribution in [3.05, 3.63) is 59.4 Å². The molecule has 1 spiro atoms. The maximum absolute atomic E-state index is 13.8. The molecule has 3 heterocycles. The van der Waals surface area contributed by atoms with Crippen molar-refractivity contribution in [2.45, 2.75) is 37.5 Å². The fourth-order valence-electron chi connectivity index (χ4n) is 5.71. The second-order valence-corrected chi connectivity index (χ2v) is 9.82. The Morgan fingerprint density at radius 3 is 2.05 bits per heavy atom. The summed E-state index contributed by atoms with van der Waals surface area (Å²) in [7, 11) is 3.00. The van der Waals surface area contributed by atoms with Crippen LogP contribution in [0.3, 0.4) is 0 Å². The van der Waals surface area contributed by atoms with Gasteiger partial charge in [-0.2, -0.15) is 0 Å². The number of methoxy groups -OCH3 is 2. The highest BCUT2D eigenvalue weighted by Gasteiger charge is 2.55. The molecule has 0 aromatic heterocycles. The van der Waals surface area contributed by atoms with E-state index in [2.05, 4.69) is 0 Å². The van der Waals surface area contributed by atoms with Gasteiger partial charge in [-0.05, 0) is 49.2 Å². The molecule has 3 fully saturated rings. The zero-order valence-corrected chi connectivity index (χ0v) is 21.7. The number of nitrogens with zero attached hydrogens (tertiary/aromatic N) is 3. The van der Waals surface area contributed by atoms with Gasteiger partial charge >= 0.3 is 0 Å². The first-order chi connectivity index (χ1) is 18.4. The summed E-state index contributed by atoms with van der Waals surface area (Å²) in [6, 6.07) is 9.70. The van der Waals surface area contributed by atoms with Gasteiger partial charge in [-0.3, -0.25) is 19.3 Å². The first kappa shape index (κ1) is 26.0. The molecule has 3 aliphatic rings. The van der Waals surface area contributed by atoms with E-state index in [0.29, 0.717) is 56.1 Å². The third kappa shape index (κ3) is 4.57. The Bertz CT molecular complexity index is 1180. The highest BCUT2D eigenvalue weighted by molar-refractivity contribution is 6.00. The zero-order valence-electron chi connectivity index (χ0n) is 21.7. The maximum atomic E-state index is 13.8. The molecule has 2 aromatic rings. The molecule has 3 amide bonds. The number of rotatable bonds is 5. The molecule has 9 nitrogen and oxygen atoms in total. The van der Waals surface area contributed by atoms with E-state index in [1.807, 2.05) is 0 Å². The monoisotopic (exact) mass is 525 g/mol. The zero-order chi connectivity index (χ0) is 26.9. The smallest absolute Gasteiger partial charge is 0.261 e. The van der Waals surface area contributed by atoms with Crippen LogP contribution in [0.25, 0.3) is 0 Å². The van der Waals surface area contributed by atoms with Crippen molar-refractivity contribution in [2.75, 3.05) is 47.0 Å². The van der Waals surface area contributed by atoms with Crippen molar-refractivity contribution >= 4 is 17.7 Å². The summed E-state index contributed by atoms with van der Waals surface area (Å²) >= 11 is 0. The highest BCUT2D eigenvalue weighted by atomic mass is 19.1. The predicted molar refractivity (Wildman–Crippen MR) is 136 cm³/mol. The normalized spacial score (nSPS) is 20.6. The number of carbonyl (C=O) groups excluding carboxylic acids is 3. The average Bonchev–Trinajstić information content (AvgIpc) is 3.61. The van der Waals surface area contributed by atoms with Gasteiger partial charge in [-0.1, -0.05) is 6.07 Å². The lowest BCUT2D eigenvalue weighted by Crippen LogP contribution is -2.60. The Morgan fingerprint density at radius 2 is 1.47 bits per heavy atom. The average molecular weight is 526 g/mol. The van der Waals surface area contributed by atoms with E-state index in [4.69, 9.17) is 14.2 Å². The molecular formula is C28H32FN3O6. The van der Waals surface area contributed by atoms with E-state index in [1.54, 1.807) is 32.9 Å². The third-order valence-corrected chi connectivity index (χ3v) is 7.75. The topological polar surface area (TPSA) is 88.6 Å². The second kappa shape index (κ2) is 10.6. The number of hydrogen-bond acceptors (Lipinski definition) is 6. The van der Waals surface area contributed by atoms with Crippen molar-refractivity contribution in [3.63, 3.8) is 0 Å². The Labute approximate surface area is 221 Å². The predicted octanol–water partition coefficient (Wildman–Crippen LogP) is 2.94. The van der Waals surface area contributed by atoms with Crippen molar-refractivity contribution in [2.24, 2.45) is 0 Å². The number of carbonyl (C=O) groups is 3. The van der Waals surface area contributed by atoms with Crippen molar-refractivity contribution in [1.29, 1.82) is 0 Å². The summed E-state index contributed by atoms with van der Waals surface area (Å²) in [4.78, 5) is 45.8. The van der Waals surface area contributed by atoms with Crippen LogP contribution in [0.15, 0.2) is 42.5 Å². The number of benzene rings is 2. The SMILES string of the molecule is COc1cccc(OC)c1C(=O)N1CCC2(CC1)OCC(C(=O)N1CCCC1)N2C(=O)c1ccc(F)cc1. The number of halogens is 1. The maximum Gasteiger partial charge on any atom is 0.261 e. The van der Waals surface area contributed by atoms with E-state index in [1.165, 1.54) is 38.5 Å². The molecular weight excluding hydrogens is 493 g/mol. The van der Waals surface area contributed by atoms with E-state index in [9.17, 15) is 18.8 Å². The molecule has 10 heteroatoms. The lowest BCUT2D eigenvalue weighted by Gasteiger charge is -2.45. The molecule has 0 N–H and O–H groups in total. The fourth-order valence-corrected chi connectivity index (χ4v) is 5.71. The summed E-state index contributed by atoms with van der Waals surface area (Å²) in [5, 5.41) is 0. The summed E-state index contributed by atoms with van der Waals surface area (Å²) in [6.07, 6.45) is 2.51. The Morgan fingerprint density at radius 1 is 0.868 bits per heavy atom. The van der Waals surface area contributed by atoms with Crippen LogP contribution in [0.4, 0.5) is 4.39 Å². The van der Waals surface area contributed by atoms with Gasteiger partial charge in [0.25, 0.3) is 11.8 Å². The van der Waals surface area contributed by atoms with Crippen LogP contribution in [0.5, 0.6) is 11.5 Å². The van der Waals surface area contributed by atoms with Crippen LogP contribution < -0.4 is 9.47 Å². The van der Waals surface area contributed by atoms with Crippen LogP contribution in [-0.4, -0.2) is 91.2 Å². The molecule has 2 aromatic carbocycles. The minimum Gasteiger partial charge on any atom is -0.496 e. The summed E-state index contributed by atoms with van der Waals surface area (Å²) in [5.74, 6) is -0.379. The lowest BCUT2D eigenvalue weighted by atomic mass is 9.95. The molecule has 3 saturated heterocycles. The Balaban J connectivity index is 1.41. The quantitative estimate of drug-likeness (QED) is 0.597. The van der Waals surface area contributed by atoms with Crippen molar-refractivity contribution in [3.8, 4) is 11.5 Å². The van der Waals surface area contributed by atoms with Crippen LogP contribution in [0, 0.1) is 5.82 Å². The minimum absolute atomic E-state index is 0.0799. The fraction of sp³-hybridized carbons (Fsp3) is 0.464. The Kier molecular flexibility index (Phi) is 7.25. The third-order valence-electron chi connectivity index (χ3n) is 7.75. The molecule has 0 bridgehead atoms. The van der Waals surface area contributed by atoms with E-state index in [0.717, 1.165) is 12.8 Å². The second-order valence-electron chi connectivity index (χ2n) is 9.82. The molecule has 1 atom stereocenters. The van der Waals surface area contributed by atoms with Gasteiger partial charge < -0.3 is 24.0 Å². The van der Waals surface area contributed by atoms with Gasteiger partial charge in [0.2, 0.25) is 5.91 Å². The molecule has 5 rings (SSSR count). The van der Waals surface area contributed by atoms with E-state index in [-0.39, 0.29) is 29.9 Å². The van der Waals surface area contributed by atoms with Crippen LogP contribution in [0.2, 0.25) is 0 Å². The molecule has 0 aliphatic carbocycles. The van der Waals surface area contributed by atoms with Gasteiger partial charge in [0, 0.05) is 44.6 Å². The van der Waals surface area contributed by atoms with Crippen LogP contribution in [-0.2, 0) is 9.53 Å². The molecule has 0 saturated carbocycles. The first-order valence-electron chi connectivity index (χ1n) is 12.9. The number of amides is 3. The van der Waals surface area contributed by atoms with Gasteiger partial charge in [-0.25, -0.2) is 4.39 Å². The van der Waals surface area contributed by atoms with Crippen molar-refractivity contribution < 1.29 is 33.0 Å². The number of piperidine rings is 1. The van der Waals surface area contributed by atoms with Crippen molar-refractivity contribution in [1.82, 2.24) is 14.7 Å². The number of hydrogen-bond donors (Lipinski definition) is 0. The van der Waals surface area contributed by atoms with Gasteiger partial charge in [0.05, 0.1) is 20.8 Å². The van der Waals surface area contributed by atoms with Crippen LogP contribution in [0.1, 0.15) is 46.4 Å².